The molecule has 1 aliphatic heterocycles. The second kappa shape index (κ2) is 9.40. The van der Waals surface area contributed by atoms with E-state index in [9.17, 15) is 9.59 Å². The largest absolute Gasteiger partial charge is 0.370 e. The highest BCUT2D eigenvalue weighted by Crippen LogP contribution is 2.20. The van der Waals surface area contributed by atoms with Crippen LogP contribution < -0.4 is 10.2 Å². The van der Waals surface area contributed by atoms with Crippen LogP contribution in [0.5, 0.6) is 0 Å². The summed E-state index contributed by atoms with van der Waals surface area (Å²) in [6.07, 6.45) is 1.58. The van der Waals surface area contributed by atoms with Crippen LogP contribution in [-0.2, 0) is 4.79 Å². The van der Waals surface area contributed by atoms with E-state index in [1.807, 2.05) is 18.2 Å². The molecule has 1 atom stereocenters. The smallest absolute Gasteiger partial charge is 0.254 e. The molecule has 1 fully saturated rings. The number of nitrogens with one attached hydrogen (secondary N) is 1. The SMILES string of the molecule is CCN(CCNC(=O)C1CCCN1C(=O)c1ccccc1)c1cccc(C)c1. The van der Waals surface area contributed by atoms with Crippen LogP contribution >= 0.6 is 0 Å². The molecule has 0 bridgehead atoms. The third-order valence-electron chi connectivity index (χ3n) is 5.27. The van der Waals surface area contributed by atoms with E-state index < -0.39 is 0 Å². The lowest BCUT2D eigenvalue weighted by Crippen LogP contribution is -2.47. The van der Waals surface area contributed by atoms with Gasteiger partial charge in [-0.2, -0.15) is 0 Å². The van der Waals surface area contributed by atoms with Gasteiger partial charge in [-0.3, -0.25) is 9.59 Å². The van der Waals surface area contributed by atoms with Crippen LogP contribution in [0.4, 0.5) is 5.69 Å². The van der Waals surface area contributed by atoms with Crippen LogP contribution in [0.2, 0.25) is 0 Å². The second-order valence-corrected chi connectivity index (χ2v) is 7.23. The summed E-state index contributed by atoms with van der Waals surface area (Å²) in [4.78, 5) is 29.4. The number of rotatable bonds is 7. The molecular weight excluding hydrogens is 350 g/mol. The first-order valence-electron chi connectivity index (χ1n) is 10.1. The van der Waals surface area contributed by atoms with Crippen molar-refractivity contribution < 1.29 is 9.59 Å². The molecular formula is C23H29N3O2. The first kappa shape index (κ1) is 19.9. The van der Waals surface area contributed by atoms with Gasteiger partial charge in [-0.15, -0.1) is 0 Å². The van der Waals surface area contributed by atoms with Crippen molar-refractivity contribution in [3.63, 3.8) is 0 Å². The summed E-state index contributed by atoms with van der Waals surface area (Å²) in [6.45, 7) is 7.01. The summed E-state index contributed by atoms with van der Waals surface area (Å²) in [6, 6.07) is 17.2. The maximum absolute atomic E-state index is 12.7. The Kier molecular flexibility index (Phi) is 6.69. The van der Waals surface area contributed by atoms with E-state index in [0.717, 1.165) is 25.9 Å². The maximum atomic E-state index is 12.7. The van der Waals surface area contributed by atoms with Crippen molar-refractivity contribution in [2.24, 2.45) is 0 Å². The Balaban J connectivity index is 1.55. The number of amides is 2. The number of aryl methyl sites for hydroxylation is 1. The number of nitrogens with zero attached hydrogens (tertiary/aromatic N) is 2. The average Bonchev–Trinajstić information content (AvgIpc) is 3.21. The third-order valence-corrected chi connectivity index (χ3v) is 5.27. The molecule has 2 aromatic carbocycles. The van der Waals surface area contributed by atoms with Gasteiger partial charge in [0.05, 0.1) is 0 Å². The Morgan fingerprint density at radius 2 is 1.93 bits per heavy atom. The van der Waals surface area contributed by atoms with Crippen LogP contribution in [0.3, 0.4) is 0 Å². The van der Waals surface area contributed by atoms with Crippen molar-refractivity contribution in [1.29, 1.82) is 0 Å². The van der Waals surface area contributed by atoms with E-state index in [-0.39, 0.29) is 17.9 Å². The Morgan fingerprint density at radius 1 is 1.14 bits per heavy atom. The Hall–Kier alpha value is -2.82. The molecule has 1 N–H and O–H groups in total. The summed E-state index contributed by atoms with van der Waals surface area (Å²) >= 11 is 0. The van der Waals surface area contributed by atoms with E-state index >= 15 is 0 Å². The normalized spacial score (nSPS) is 16.1. The van der Waals surface area contributed by atoms with Crippen LogP contribution in [-0.4, -0.2) is 48.9 Å². The van der Waals surface area contributed by atoms with Crippen LogP contribution in [0.1, 0.15) is 35.7 Å². The van der Waals surface area contributed by atoms with Crippen LogP contribution in [0.25, 0.3) is 0 Å². The minimum Gasteiger partial charge on any atom is -0.370 e. The maximum Gasteiger partial charge on any atom is 0.254 e. The topological polar surface area (TPSA) is 52.7 Å². The summed E-state index contributed by atoms with van der Waals surface area (Å²) in [5, 5.41) is 3.04. The molecule has 148 valence electrons. The first-order chi connectivity index (χ1) is 13.6. The summed E-state index contributed by atoms with van der Waals surface area (Å²) < 4.78 is 0. The predicted molar refractivity (Wildman–Crippen MR) is 113 cm³/mol. The Bertz CT molecular complexity index is 807. The third kappa shape index (κ3) is 4.71. The predicted octanol–water partition coefficient (Wildman–Crippen LogP) is 3.24. The molecule has 2 amide bonds. The molecule has 5 nitrogen and oxygen atoms in total. The number of benzene rings is 2. The zero-order chi connectivity index (χ0) is 19.9. The molecule has 1 heterocycles. The number of likely N-dealkylation sites (tertiary alicyclic amines) is 1. The average molecular weight is 380 g/mol. The molecule has 28 heavy (non-hydrogen) atoms. The Labute approximate surface area is 167 Å². The van der Waals surface area contributed by atoms with Gasteiger partial charge in [-0.05, 0) is 56.5 Å². The zero-order valence-corrected chi connectivity index (χ0v) is 16.7. The molecule has 5 heteroatoms. The molecule has 2 aromatic rings. The van der Waals surface area contributed by atoms with Gasteiger partial charge in [-0.25, -0.2) is 0 Å². The fourth-order valence-corrected chi connectivity index (χ4v) is 3.76. The number of hydrogen-bond acceptors (Lipinski definition) is 3. The fourth-order valence-electron chi connectivity index (χ4n) is 3.76. The van der Waals surface area contributed by atoms with Crippen molar-refractivity contribution in [3.8, 4) is 0 Å². The molecule has 0 spiro atoms. The van der Waals surface area contributed by atoms with Gasteiger partial charge in [0.25, 0.3) is 5.91 Å². The molecule has 0 aromatic heterocycles. The van der Waals surface area contributed by atoms with Crippen molar-refractivity contribution in [1.82, 2.24) is 10.2 Å². The number of carbonyl (C=O) groups excluding carboxylic acids is 2. The molecule has 0 saturated carbocycles. The van der Waals surface area contributed by atoms with Gasteiger partial charge in [0.1, 0.15) is 6.04 Å². The van der Waals surface area contributed by atoms with Gasteiger partial charge in [0, 0.05) is 37.4 Å². The fraction of sp³-hybridized carbons (Fsp3) is 0.391. The highest BCUT2D eigenvalue weighted by atomic mass is 16.2. The van der Waals surface area contributed by atoms with Crippen molar-refractivity contribution in [2.75, 3.05) is 31.1 Å². The van der Waals surface area contributed by atoms with E-state index in [2.05, 4.69) is 48.3 Å². The summed E-state index contributed by atoms with van der Waals surface area (Å²) in [7, 11) is 0. The monoisotopic (exact) mass is 379 g/mol. The zero-order valence-electron chi connectivity index (χ0n) is 16.7. The van der Waals surface area contributed by atoms with Crippen molar-refractivity contribution in [2.45, 2.75) is 32.7 Å². The minimum absolute atomic E-state index is 0.0536. The summed E-state index contributed by atoms with van der Waals surface area (Å²) in [5.41, 5.74) is 3.03. The van der Waals surface area contributed by atoms with E-state index in [0.29, 0.717) is 18.7 Å². The number of anilines is 1. The van der Waals surface area contributed by atoms with Gasteiger partial charge in [-0.1, -0.05) is 30.3 Å². The molecule has 1 saturated heterocycles. The van der Waals surface area contributed by atoms with E-state index in [4.69, 9.17) is 0 Å². The first-order valence-corrected chi connectivity index (χ1v) is 10.1. The van der Waals surface area contributed by atoms with Crippen LogP contribution in [0.15, 0.2) is 54.6 Å². The van der Waals surface area contributed by atoms with Crippen molar-refractivity contribution in [3.05, 3.63) is 65.7 Å². The number of carbonyl (C=O) groups is 2. The lowest BCUT2D eigenvalue weighted by molar-refractivity contribution is -0.124. The van der Waals surface area contributed by atoms with Gasteiger partial charge in [0.15, 0.2) is 0 Å². The lowest BCUT2D eigenvalue weighted by Gasteiger charge is -2.26. The minimum atomic E-state index is -0.373. The van der Waals surface area contributed by atoms with Crippen LogP contribution in [0, 0.1) is 6.92 Å². The molecule has 1 aliphatic rings. The standard InChI is InChI=1S/C23H29N3O2/c1-3-25(20-12-7-9-18(2)17-20)16-14-24-22(27)21-13-8-15-26(21)23(28)19-10-5-4-6-11-19/h4-7,9-12,17,21H,3,8,13-16H2,1-2H3,(H,24,27). The highest BCUT2D eigenvalue weighted by Gasteiger charge is 2.34. The van der Waals surface area contributed by atoms with E-state index in [1.165, 1.54) is 11.3 Å². The van der Waals surface area contributed by atoms with Crippen molar-refractivity contribution >= 4 is 17.5 Å². The highest BCUT2D eigenvalue weighted by molar-refractivity contribution is 5.97. The summed E-state index contributed by atoms with van der Waals surface area (Å²) in [5.74, 6) is -0.115. The quantitative estimate of drug-likeness (QED) is 0.804. The number of likely N-dealkylation sites (N-methyl/N-ethyl adjacent to an activating group) is 1. The van der Waals surface area contributed by atoms with Gasteiger partial charge in [0.2, 0.25) is 5.91 Å². The Morgan fingerprint density at radius 3 is 2.64 bits per heavy atom. The second-order valence-electron chi connectivity index (χ2n) is 7.23. The van der Waals surface area contributed by atoms with Gasteiger partial charge >= 0.3 is 0 Å². The molecule has 0 radical (unpaired) electrons. The molecule has 3 rings (SSSR count). The van der Waals surface area contributed by atoms with Gasteiger partial charge < -0.3 is 15.1 Å². The number of hydrogen-bond donors (Lipinski definition) is 1. The lowest BCUT2D eigenvalue weighted by atomic mass is 10.1. The van der Waals surface area contributed by atoms with E-state index in [1.54, 1.807) is 17.0 Å². The molecule has 0 aliphatic carbocycles. The molecule has 1 unspecified atom stereocenters.